The monoisotopic (exact) mass is 206 g/mol. The lowest BCUT2D eigenvalue weighted by atomic mass is 9.83. The topological polar surface area (TPSA) is 26.3 Å². The molecule has 0 aliphatic carbocycles. The van der Waals surface area contributed by atoms with Gasteiger partial charge in [0.25, 0.3) is 0 Å². The van der Waals surface area contributed by atoms with Crippen LogP contribution in [0.1, 0.15) is 30.5 Å². The van der Waals surface area contributed by atoms with Gasteiger partial charge in [0.05, 0.1) is 12.5 Å². The lowest BCUT2D eigenvalue weighted by Gasteiger charge is -2.22. The Bertz CT molecular complexity index is 378. The van der Waals surface area contributed by atoms with E-state index in [2.05, 4.69) is 6.92 Å². The minimum absolute atomic E-state index is 0.203. The molecular weight excluding hydrogens is 188 g/mol. The zero-order chi connectivity index (χ0) is 11.6. The fourth-order valence-electron chi connectivity index (χ4n) is 1.50. The molecule has 0 fully saturated rings. The van der Waals surface area contributed by atoms with Crippen LogP contribution >= 0.6 is 0 Å². The fourth-order valence-corrected chi connectivity index (χ4v) is 1.50. The van der Waals surface area contributed by atoms with Crippen LogP contribution in [0, 0.1) is 13.8 Å². The van der Waals surface area contributed by atoms with Crippen LogP contribution in [-0.2, 0) is 14.9 Å². The molecule has 0 saturated heterocycles. The molecule has 82 valence electrons. The molecule has 0 spiro atoms. The van der Waals surface area contributed by atoms with E-state index < -0.39 is 5.41 Å². The number of ether oxygens (including phenoxy) is 1. The van der Waals surface area contributed by atoms with Gasteiger partial charge in [-0.05, 0) is 44.4 Å². The van der Waals surface area contributed by atoms with E-state index in [1.807, 2.05) is 39.0 Å². The summed E-state index contributed by atoms with van der Waals surface area (Å²) in [6.07, 6.45) is 0. The van der Waals surface area contributed by atoms with Crippen LogP contribution in [0.15, 0.2) is 18.2 Å². The standard InChI is InChI=1S/C13H18O2/c1-9-6-7-11(8-10(9)2)13(3,4)12(14)15-5/h6-8H,1-5H3. The van der Waals surface area contributed by atoms with Crippen molar-refractivity contribution in [3.8, 4) is 0 Å². The summed E-state index contributed by atoms with van der Waals surface area (Å²) in [5.74, 6) is -0.203. The van der Waals surface area contributed by atoms with Gasteiger partial charge in [-0.1, -0.05) is 18.2 Å². The van der Waals surface area contributed by atoms with Crippen molar-refractivity contribution in [3.63, 3.8) is 0 Å². The molecule has 1 rings (SSSR count). The maximum atomic E-state index is 11.6. The van der Waals surface area contributed by atoms with E-state index in [0.29, 0.717) is 0 Å². The Labute approximate surface area is 91.3 Å². The quantitative estimate of drug-likeness (QED) is 0.695. The summed E-state index contributed by atoms with van der Waals surface area (Å²) in [6, 6.07) is 6.07. The van der Waals surface area contributed by atoms with Crippen molar-refractivity contribution in [1.82, 2.24) is 0 Å². The molecule has 0 aromatic heterocycles. The van der Waals surface area contributed by atoms with Crippen LogP contribution in [0.25, 0.3) is 0 Å². The Kier molecular flexibility index (Phi) is 3.18. The maximum absolute atomic E-state index is 11.6. The molecule has 0 atom stereocenters. The molecule has 1 aromatic rings. The van der Waals surface area contributed by atoms with E-state index in [1.54, 1.807) is 0 Å². The number of hydrogen-bond acceptors (Lipinski definition) is 2. The number of rotatable bonds is 2. The molecule has 1 aromatic carbocycles. The molecule has 0 N–H and O–H groups in total. The number of methoxy groups -OCH3 is 1. The van der Waals surface area contributed by atoms with Crippen molar-refractivity contribution in [1.29, 1.82) is 0 Å². The predicted molar refractivity (Wildman–Crippen MR) is 61.0 cm³/mol. The first-order valence-corrected chi connectivity index (χ1v) is 5.05. The fraction of sp³-hybridized carbons (Fsp3) is 0.462. The molecule has 0 amide bonds. The highest BCUT2D eigenvalue weighted by molar-refractivity contribution is 5.82. The van der Waals surface area contributed by atoms with E-state index in [-0.39, 0.29) is 5.97 Å². The number of carbonyl (C=O) groups is 1. The number of hydrogen-bond donors (Lipinski definition) is 0. The first kappa shape index (κ1) is 11.8. The molecule has 0 heterocycles. The molecular formula is C13H18O2. The van der Waals surface area contributed by atoms with Gasteiger partial charge in [0, 0.05) is 0 Å². The number of carbonyl (C=O) groups excluding carboxylic acids is 1. The summed E-state index contributed by atoms with van der Waals surface area (Å²) in [7, 11) is 1.42. The lowest BCUT2D eigenvalue weighted by molar-refractivity contribution is -0.146. The highest BCUT2D eigenvalue weighted by Gasteiger charge is 2.30. The van der Waals surface area contributed by atoms with Crippen molar-refractivity contribution in [2.75, 3.05) is 7.11 Å². The molecule has 2 heteroatoms. The van der Waals surface area contributed by atoms with Crippen molar-refractivity contribution in [2.24, 2.45) is 0 Å². The minimum atomic E-state index is -0.576. The van der Waals surface area contributed by atoms with Crippen LogP contribution < -0.4 is 0 Å². The molecule has 0 bridgehead atoms. The second-order valence-electron chi connectivity index (χ2n) is 4.42. The lowest BCUT2D eigenvalue weighted by Crippen LogP contribution is -2.30. The van der Waals surface area contributed by atoms with Gasteiger partial charge in [0.2, 0.25) is 0 Å². The predicted octanol–water partition coefficient (Wildman–Crippen LogP) is 2.75. The number of benzene rings is 1. The Hall–Kier alpha value is -1.31. The van der Waals surface area contributed by atoms with Crippen LogP contribution in [0.5, 0.6) is 0 Å². The van der Waals surface area contributed by atoms with Gasteiger partial charge < -0.3 is 4.74 Å². The molecule has 0 aliphatic heterocycles. The Morgan fingerprint density at radius 2 is 1.80 bits per heavy atom. The van der Waals surface area contributed by atoms with Crippen LogP contribution in [0.3, 0.4) is 0 Å². The average Bonchev–Trinajstić information content (AvgIpc) is 2.20. The summed E-state index contributed by atoms with van der Waals surface area (Å²) in [6.45, 7) is 7.86. The van der Waals surface area contributed by atoms with Crippen molar-refractivity contribution < 1.29 is 9.53 Å². The maximum Gasteiger partial charge on any atom is 0.315 e. The van der Waals surface area contributed by atoms with Gasteiger partial charge in [0.15, 0.2) is 0 Å². The normalized spacial score (nSPS) is 11.3. The van der Waals surface area contributed by atoms with Gasteiger partial charge >= 0.3 is 5.97 Å². The van der Waals surface area contributed by atoms with Crippen molar-refractivity contribution in [3.05, 3.63) is 34.9 Å². The van der Waals surface area contributed by atoms with Crippen molar-refractivity contribution >= 4 is 5.97 Å². The highest BCUT2D eigenvalue weighted by atomic mass is 16.5. The zero-order valence-electron chi connectivity index (χ0n) is 10.0. The molecule has 0 aliphatic rings. The van der Waals surface area contributed by atoms with Gasteiger partial charge in [0.1, 0.15) is 0 Å². The zero-order valence-corrected chi connectivity index (χ0v) is 10.0. The van der Waals surface area contributed by atoms with E-state index in [1.165, 1.54) is 18.2 Å². The largest absolute Gasteiger partial charge is 0.468 e. The Balaban J connectivity index is 3.16. The van der Waals surface area contributed by atoms with E-state index >= 15 is 0 Å². The third-order valence-electron chi connectivity index (χ3n) is 2.92. The van der Waals surface area contributed by atoms with E-state index in [0.717, 1.165) is 5.56 Å². The summed E-state index contributed by atoms with van der Waals surface area (Å²) >= 11 is 0. The molecule has 2 nitrogen and oxygen atoms in total. The summed E-state index contributed by atoms with van der Waals surface area (Å²) in [5.41, 5.74) is 2.86. The molecule has 0 radical (unpaired) electrons. The van der Waals surface area contributed by atoms with Gasteiger partial charge in [-0.3, -0.25) is 4.79 Å². The SMILES string of the molecule is COC(=O)C(C)(C)c1ccc(C)c(C)c1. The second kappa shape index (κ2) is 4.05. The van der Waals surface area contributed by atoms with Crippen molar-refractivity contribution in [2.45, 2.75) is 33.1 Å². The molecule has 0 unspecified atom stereocenters. The average molecular weight is 206 g/mol. The summed E-state index contributed by atoms with van der Waals surface area (Å²) in [4.78, 5) is 11.6. The molecule has 15 heavy (non-hydrogen) atoms. The number of aryl methyl sites for hydroxylation is 2. The Morgan fingerprint density at radius 1 is 1.20 bits per heavy atom. The first-order chi connectivity index (χ1) is 6.89. The number of esters is 1. The van der Waals surface area contributed by atoms with Crippen LogP contribution in [0.4, 0.5) is 0 Å². The third-order valence-corrected chi connectivity index (χ3v) is 2.92. The summed E-state index contributed by atoms with van der Waals surface area (Å²) in [5, 5.41) is 0. The van der Waals surface area contributed by atoms with E-state index in [4.69, 9.17) is 4.74 Å². The van der Waals surface area contributed by atoms with Gasteiger partial charge in [-0.2, -0.15) is 0 Å². The molecule has 0 saturated carbocycles. The van der Waals surface area contributed by atoms with Crippen LogP contribution in [0.2, 0.25) is 0 Å². The van der Waals surface area contributed by atoms with Gasteiger partial charge in [-0.15, -0.1) is 0 Å². The first-order valence-electron chi connectivity index (χ1n) is 5.05. The third kappa shape index (κ3) is 2.20. The van der Waals surface area contributed by atoms with Gasteiger partial charge in [-0.25, -0.2) is 0 Å². The summed E-state index contributed by atoms with van der Waals surface area (Å²) < 4.78 is 4.80. The minimum Gasteiger partial charge on any atom is -0.468 e. The van der Waals surface area contributed by atoms with Crippen LogP contribution in [-0.4, -0.2) is 13.1 Å². The smallest absolute Gasteiger partial charge is 0.315 e. The Morgan fingerprint density at radius 3 is 2.27 bits per heavy atom. The second-order valence-corrected chi connectivity index (χ2v) is 4.42. The highest BCUT2D eigenvalue weighted by Crippen LogP contribution is 2.26. The van der Waals surface area contributed by atoms with E-state index in [9.17, 15) is 4.79 Å².